The first-order valence-electron chi connectivity index (χ1n) is 10.1. The Bertz CT molecular complexity index is 949. The first-order chi connectivity index (χ1) is 14.0. The van der Waals surface area contributed by atoms with Crippen LogP contribution in [0.2, 0.25) is 0 Å². The van der Waals surface area contributed by atoms with Crippen LogP contribution in [0.4, 0.5) is 5.69 Å². The molecule has 1 amide bonds. The maximum atomic E-state index is 12.9. The van der Waals surface area contributed by atoms with Crippen molar-refractivity contribution in [3.05, 3.63) is 64.2 Å². The normalized spacial score (nSPS) is 21.1. The average Bonchev–Trinajstić information content (AvgIpc) is 3.54. The predicted molar refractivity (Wildman–Crippen MR) is 113 cm³/mol. The fraction of sp³-hybridized carbons (Fsp3) is 0.391. The molecule has 0 bridgehead atoms. The van der Waals surface area contributed by atoms with Crippen LogP contribution in [0.15, 0.2) is 41.4 Å². The zero-order valence-electron chi connectivity index (χ0n) is 16.6. The molecule has 2 unspecified atom stereocenters. The zero-order chi connectivity index (χ0) is 20.5. The summed E-state index contributed by atoms with van der Waals surface area (Å²) in [6, 6.07) is 11.1. The number of benzene rings is 2. The first-order valence-corrected chi connectivity index (χ1v) is 10.1. The number of aliphatic imine (C=N–C) groups is 1. The Morgan fingerprint density at radius 3 is 2.41 bits per heavy atom. The van der Waals surface area contributed by atoms with Gasteiger partial charge in [-0.25, -0.2) is 0 Å². The molecule has 2 aromatic rings. The minimum Gasteiger partial charge on any atom is -0.399 e. The highest BCUT2D eigenvalue weighted by molar-refractivity contribution is 6.15. The summed E-state index contributed by atoms with van der Waals surface area (Å²) in [5, 5.41) is 22.6. The SMILES string of the molecule is CC1Cc2cc(CO)c(CO)cc2C(c2ccc(N)cc2)=NC1C(=O)NC1CC1. The lowest BCUT2D eigenvalue weighted by Crippen LogP contribution is -2.39. The fourth-order valence-electron chi connectivity index (χ4n) is 3.92. The standard InChI is InChI=1S/C23H27N3O3/c1-13-8-15-9-16(11-27)17(12-28)10-20(15)22(14-2-4-18(24)5-3-14)26-21(13)23(29)25-19-6-7-19/h2-5,9-10,13,19,21,27-28H,6-8,11-12,24H2,1H3,(H,25,29). The van der Waals surface area contributed by atoms with Crippen molar-refractivity contribution in [2.24, 2.45) is 10.9 Å². The molecule has 2 aromatic carbocycles. The van der Waals surface area contributed by atoms with Crippen LogP contribution in [0.1, 0.15) is 47.6 Å². The van der Waals surface area contributed by atoms with Crippen LogP contribution in [0.25, 0.3) is 0 Å². The number of hydrogen-bond acceptors (Lipinski definition) is 5. The van der Waals surface area contributed by atoms with E-state index in [-0.39, 0.29) is 31.1 Å². The number of carbonyl (C=O) groups is 1. The minimum absolute atomic E-state index is 0.00491. The van der Waals surface area contributed by atoms with Crippen molar-refractivity contribution in [1.29, 1.82) is 0 Å². The molecule has 1 fully saturated rings. The second-order valence-corrected chi connectivity index (χ2v) is 8.10. The summed E-state index contributed by atoms with van der Waals surface area (Å²) in [6.07, 6.45) is 2.72. The number of rotatable bonds is 5. The summed E-state index contributed by atoms with van der Waals surface area (Å²) in [5.41, 5.74) is 11.4. The van der Waals surface area contributed by atoms with E-state index in [4.69, 9.17) is 10.7 Å². The third-order valence-corrected chi connectivity index (χ3v) is 5.75. The first kappa shape index (κ1) is 19.6. The smallest absolute Gasteiger partial charge is 0.245 e. The van der Waals surface area contributed by atoms with Gasteiger partial charge in [-0.2, -0.15) is 0 Å². The van der Waals surface area contributed by atoms with Gasteiger partial charge in [-0.1, -0.05) is 25.1 Å². The van der Waals surface area contributed by atoms with E-state index in [9.17, 15) is 15.0 Å². The number of nitrogen functional groups attached to an aromatic ring is 1. The molecule has 6 heteroatoms. The van der Waals surface area contributed by atoms with Crippen LogP contribution in [0.5, 0.6) is 0 Å². The van der Waals surface area contributed by atoms with Crippen LogP contribution < -0.4 is 11.1 Å². The monoisotopic (exact) mass is 393 g/mol. The average molecular weight is 393 g/mol. The summed E-state index contributed by atoms with van der Waals surface area (Å²) in [6.45, 7) is 1.73. The van der Waals surface area contributed by atoms with Gasteiger partial charge in [-0.15, -0.1) is 0 Å². The minimum atomic E-state index is -0.495. The molecule has 0 spiro atoms. The van der Waals surface area contributed by atoms with Crippen molar-refractivity contribution in [3.8, 4) is 0 Å². The summed E-state index contributed by atoms with van der Waals surface area (Å²) >= 11 is 0. The highest BCUT2D eigenvalue weighted by Gasteiger charge is 2.33. The number of amides is 1. The number of fused-ring (bicyclic) bond motifs is 1. The molecule has 0 radical (unpaired) electrons. The number of nitrogens with zero attached hydrogens (tertiary/aromatic N) is 1. The number of aliphatic hydroxyl groups is 2. The third-order valence-electron chi connectivity index (χ3n) is 5.75. The molecular weight excluding hydrogens is 366 g/mol. The Kier molecular flexibility index (Phi) is 5.39. The van der Waals surface area contributed by atoms with Crippen molar-refractivity contribution in [2.45, 2.75) is 51.5 Å². The molecule has 1 heterocycles. The molecule has 2 atom stereocenters. The predicted octanol–water partition coefficient (Wildman–Crippen LogP) is 1.93. The second kappa shape index (κ2) is 7.97. The number of aliphatic hydroxyl groups excluding tert-OH is 2. The second-order valence-electron chi connectivity index (χ2n) is 8.10. The molecule has 1 aliphatic heterocycles. The third kappa shape index (κ3) is 4.04. The molecule has 4 rings (SSSR count). The number of nitrogens with two attached hydrogens (primary N) is 1. The van der Waals surface area contributed by atoms with E-state index in [0.717, 1.165) is 35.2 Å². The Hall–Kier alpha value is -2.70. The van der Waals surface area contributed by atoms with Crippen LogP contribution in [0.3, 0.4) is 0 Å². The van der Waals surface area contributed by atoms with Gasteiger partial charge in [0.1, 0.15) is 6.04 Å². The van der Waals surface area contributed by atoms with Gasteiger partial charge in [-0.3, -0.25) is 9.79 Å². The van der Waals surface area contributed by atoms with E-state index in [1.807, 2.05) is 43.3 Å². The van der Waals surface area contributed by atoms with Gasteiger partial charge >= 0.3 is 0 Å². The zero-order valence-corrected chi connectivity index (χ0v) is 16.6. The summed E-state index contributed by atoms with van der Waals surface area (Å²) in [7, 11) is 0. The fourth-order valence-corrected chi connectivity index (χ4v) is 3.92. The van der Waals surface area contributed by atoms with Gasteiger partial charge in [0, 0.05) is 22.9 Å². The Labute approximate surface area is 170 Å². The van der Waals surface area contributed by atoms with Gasteiger partial charge in [0.15, 0.2) is 0 Å². The maximum absolute atomic E-state index is 12.9. The summed E-state index contributed by atoms with van der Waals surface area (Å²) < 4.78 is 0. The molecule has 152 valence electrons. The molecular formula is C23H27N3O3. The topological polar surface area (TPSA) is 108 Å². The summed E-state index contributed by atoms with van der Waals surface area (Å²) in [5.74, 6) is -0.0317. The van der Waals surface area contributed by atoms with E-state index >= 15 is 0 Å². The number of nitrogens with one attached hydrogen (secondary N) is 1. The number of carbonyl (C=O) groups excluding carboxylic acids is 1. The molecule has 0 saturated heterocycles. The van der Waals surface area contributed by atoms with Gasteiger partial charge in [0.2, 0.25) is 5.91 Å². The maximum Gasteiger partial charge on any atom is 0.245 e. The van der Waals surface area contributed by atoms with E-state index in [1.54, 1.807) is 0 Å². The van der Waals surface area contributed by atoms with E-state index in [2.05, 4.69) is 5.32 Å². The highest BCUT2D eigenvalue weighted by atomic mass is 16.3. The Morgan fingerprint density at radius 2 is 1.79 bits per heavy atom. The Balaban J connectivity index is 1.85. The van der Waals surface area contributed by atoms with E-state index in [0.29, 0.717) is 23.2 Å². The molecule has 6 nitrogen and oxygen atoms in total. The number of anilines is 1. The Morgan fingerprint density at radius 1 is 1.14 bits per heavy atom. The van der Waals surface area contributed by atoms with Crippen molar-refractivity contribution >= 4 is 17.3 Å². The van der Waals surface area contributed by atoms with Crippen molar-refractivity contribution < 1.29 is 15.0 Å². The lowest BCUT2D eigenvalue weighted by molar-refractivity contribution is -0.123. The number of hydrogen-bond donors (Lipinski definition) is 4. The van der Waals surface area contributed by atoms with Crippen LogP contribution in [-0.4, -0.2) is 33.9 Å². The molecule has 29 heavy (non-hydrogen) atoms. The molecule has 1 aliphatic carbocycles. The van der Waals surface area contributed by atoms with E-state index < -0.39 is 6.04 Å². The molecule has 0 aromatic heterocycles. The van der Waals surface area contributed by atoms with Gasteiger partial charge in [-0.05, 0) is 60.1 Å². The molecule has 5 N–H and O–H groups in total. The van der Waals surface area contributed by atoms with Gasteiger partial charge in [0.25, 0.3) is 0 Å². The van der Waals surface area contributed by atoms with Gasteiger partial charge in [0.05, 0.1) is 18.9 Å². The van der Waals surface area contributed by atoms with E-state index in [1.165, 1.54) is 0 Å². The summed E-state index contributed by atoms with van der Waals surface area (Å²) in [4.78, 5) is 17.9. The van der Waals surface area contributed by atoms with Crippen LogP contribution in [0, 0.1) is 5.92 Å². The van der Waals surface area contributed by atoms with Crippen molar-refractivity contribution in [3.63, 3.8) is 0 Å². The lowest BCUT2D eigenvalue weighted by atomic mass is 9.88. The van der Waals surface area contributed by atoms with Crippen LogP contribution in [-0.2, 0) is 24.4 Å². The quantitative estimate of drug-likeness (QED) is 0.582. The molecule has 1 saturated carbocycles. The van der Waals surface area contributed by atoms with Crippen LogP contribution >= 0.6 is 0 Å². The van der Waals surface area contributed by atoms with Gasteiger partial charge < -0.3 is 21.3 Å². The van der Waals surface area contributed by atoms with Crippen molar-refractivity contribution in [1.82, 2.24) is 5.32 Å². The highest BCUT2D eigenvalue weighted by Crippen LogP contribution is 2.30. The molecule has 2 aliphatic rings. The largest absolute Gasteiger partial charge is 0.399 e. The van der Waals surface area contributed by atoms with Crippen molar-refractivity contribution in [2.75, 3.05) is 5.73 Å². The lowest BCUT2D eigenvalue weighted by Gasteiger charge is -2.18.